The standard InChI is InChI=1S/B4/c1-3-4-2/q-1. The van der Waals surface area contributed by atoms with E-state index in [0.717, 1.165) is 0 Å². The summed E-state index contributed by atoms with van der Waals surface area (Å²) in [6.45, 7) is 0. The van der Waals surface area contributed by atoms with E-state index in [9.17, 15) is 0 Å². The molecule has 4 heteroatoms. The summed E-state index contributed by atoms with van der Waals surface area (Å²) in [5.74, 6) is 0. The molecular weight excluding hydrogens is 43.2 g/mol. The van der Waals surface area contributed by atoms with Crippen LogP contribution in [0.5, 0.6) is 0 Å². The highest BCUT2D eigenvalue weighted by Gasteiger charge is 1.34. The van der Waals surface area contributed by atoms with Gasteiger partial charge in [-0.25, -0.2) is 7.06 Å². The van der Waals surface area contributed by atoms with Crippen LogP contribution in [0.15, 0.2) is 0 Å². The Morgan fingerprint density at radius 1 is 1.75 bits per heavy atom. The second-order valence-corrected chi connectivity index (χ2v) is 0.385. The van der Waals surface area contributed by atoms with Crippen molar-refractivity contribution >= 4 is 29.6 Å². The van der Waals surface area contributed by atoms with Gasteiger partial charge in [0.2, 0.25) is 0 Å². The van der Waals surface area contributed by atoms with Crippen LogP contribution < -0.4 is 0 Å². The predicted molar refractivity (Wildman–Crippen MR) is 23.0 cm³/mol. The molecule has 0 aliphatic heterocycles. The van der Waals surface area contributed by atoms with Crippen molar-refractivity contribution in [2.24, 2.45) is 0 Å². The van der Waals surface area contributed by atoms with Crippen LogP contribution in [0.1, 0.15) is 0 Å². The number of rotatable bonds is 1. The van der Waals surface area contributed by atoms with E-state index in [0.29, 0.717) is 0 Å². The summed E-state index contributed by atoms with van der Waals surface area (Å²) in [5.41, 5.74) is 0. The second kappa shape index (κ2) is 3.26. The molecule has 0 aromatic rings. The largest absolute Gasteiger partial charge is 0.450 e. The van der Waals surface area contributed by atoms with E-state index in [1.54, 1.807) is 0 Å². The van der Waals surface area contributed by atoms with E-state index in [1.807, 2.05) is 0 Å². The topological polar surface area (TPSA) is 0 Å². The zero-order chi connectivity index (χ0) is 3.41. The molecule has 0 aromatic heterocycles. The van der Waals surface area contributed by atoms with E-state index in [2.05, 4.69) is 0 Å². The maximum atomic E-state index is 4.72. The van der Waals surface area contributed by atoms with E-state index in [1.165, 1.54) is 14.1 Å². The molecule has 0 nitrogen and oxygen atoms in total. The van der Waals surface area contributed by atoms with Gasteiger partial charge in [-0.2, -0.15) is 0 Å². The lowest BCUT2D eigenvalue weighted by atomic mass is 9.19. The van der Waals surface area contributed by atoms with E-state index in [-0.39, 0.29) is 0 Å². The Balaban J connectivity index is 1.97. The SMILES string of the molecule is [B][B][B-][B]. The maximum Gasteiger partial charge on any atom is -0.0439 e. The Morgan fingerprint density at radius 2 is 2.00 bits per heavy atom. The highest BCUT2D eigenvalue weighted by molar-refractivity contribution is 7.37. The van der Waals surface area contributed by atoms with Gasteiger partial charge in [-0.1, -0.05) is 0 Å². The molecule has 0 heterocycles. The molecule has 4 heavy (non-hydrogen) atoms. The van der Waals surface area contributed by atoms with Crippen LogP contribution in [0.4, 0.5) is 0 Å². The van der Waals surface area contributed by atoms with Gasteiger partial charge in [0.25, 0.3) is 0 Å². The second-order valence-electron chi connectivity index (χ2n) is 0.385. The van der Waals surface area contributed by atoms with Crippen LogP contribution in [-0.2, 0) is 0 Å². The molecule has 0 unspecified atom stereocenters. The average Bonchev–Trinajstić information content (AvgIpc) is 1.37. The normalized spacial score (nSPS) is 6.00. The monoisotopic (exact) mass is 44.0 g/mol. The lowest BCUT2D eigenvalue weighted by Gasteiger charge is -1.92. The Labute approximate surface area is 30.6 Å². The summed E-state index contributed by atoms with van der Waals surface area (Å²) in [4.78, 5) is 0. The molecule has 0 atom stereocenters. The van der Waals surface area contributed by atoms with Gasteiger partial charge in [0, 0.05) is 0 Å². The minimum absolute atomic E-state index is 1.28. The summed E-state index contributed by atoms with van der Waals surface area (Å²) in [6, 6.07) is 0. The highest BCUT2D eigenvalue weighted by atomic mass is 12.4. The van der Waals surface area contributed by atoms with Gasteiger partial charge >= 0.3 is 0 Å². The van der Waals surface area contributed by atoms with Crippen molar-refractivity contribution in [3.8, 4) is 0 Å². The van der Waals surface area contributed by atoms with Crippen molar-refractivity contribution in [1.82, 2.24) is 0 Å². The van der Waals surface area contributed by atoms with Gasteiger partial charge < -0.3 is 7.06 Å². The van der Waals surface area contributed by atoms with Gasteiger partial charge in [0.05, 0.1) is 0 Å². The van der Waals surface area contributed by atoms with Crippen molar-refractivity contribution in [2.45, 2.75) is 0 Å². The van der Waals surface area contributed by atoms with Crippen molar-refractivity contribution in [2.75, 3.05) is 0 Å². The number of hydrogen-bond donors (Lipinski definition) is 0. The fraction of sp³-hybridized carbons (Fsp3) is 0. The average molecular weight is 43.2 g/mol. The molecule has 0 aromatic carbocycles. The predicted octanol–water partition coefficient (Wildman–Crippen LogP) is -1.52. The van der Waals surface area contributed by atoms with Crippen LogP contribution in [0.25, 0.3) is 0 Å². The molecule has 0 fully saturated rings. The molecule has 0 aliphatic rings. The first kappa shape index (κ1) is 4.26. The van der Waals surface area contributed by atoms with Crippen molar-refractivity contribution in [3.05, 3.63) is 0 Å². The Bertz CT molecular complexity index is 2.00. The first-order valence-electron chi connectivity index (χ1n) is 1.00. The summed E-state index contributed by atoms with van der Waals surface area (Å²) < 4.78 is 0. The molecule has 0 saturated carbocycles. The molecule has 7 radical (unpaired) electrons. The Kier molecular flexibility index (Phi) is 3.47. The summed E-state index contributed by atoms with van der Waals surface area (Å²) in [7, 11) is 12.0. The van der Waals surface area contributed by atoms with Crippen LogP contribution >= 0.6 is 0 Å². The third kappa shape index (κ3) is 2.26. The Morgan fingerprint density at radius 3 is 2.00 bits per heavy atom. The van der Waals surface area contributed by atoms with Gasteiger partial charge in [-0.15, -0.1) is 0 Å². The van der Waals surface area contributed by atoms with Gasteiger partial charge in [-0.3, -0.25) is 7.74 Å². The third-order valence-corrected chi connectivity index (χ3v) is 0.111. The lowest BCUT2D eigenvalue weighted by molar-refractivity contribution is 4.14. The smallest absolute Gasteiger partial charge is 0.0439 e. The summed E-state index contributed by atoms with van der Waals surface area (Å²) in [6.07, 6.45) is 0. The third-order valence-electron chi connectivity index (χ3n) is 0.111. The first-order chi connectivity index (χ1) is 1.91. The molecule has 0 saturated heterocycles. The Hall–Kier alpha value is 0.260. The zero-order valence-electron chi connectivity index (χ0n) is 2.31. The van der Waals surface area contributed by atoms with Gasteiger partial charge in [-0.05, 0) is 7.74 Å². The minimum Gasteiger partial charge on any atom is -0.450 e. The molecular formula is B4-. The summed E-state index contributed by atoms with van der Waals surface area (Å²) >= 11 is 0. The zero-order valence-corrected chi connectivity index (χ0v) is 2.31. The van der Waals surface area contributed by atoms with Crippen LogP contribution in [-0.4, -0.2) is 29.6 Å². The van der Waals surface area contributed by atoms with Gasteiger partial charge in [0.1, 0.15) is 0 Å². The van der Waals surface area contributed by atoms with E-state index >= 15 is 0 Å². The van der Waals surface area contributed by atoms with E-state index in [4.69, 9.17) is 15.5 Å². The number of hydrogen-bond acceptors (Lipinski definition) is 0. The molecule has 0 amide bonds. The molecule has 0 spiro atoms. The van der Waals surface area contributed by atoms with Crippen LogP contribution in [0, 0.1) is 0 Å². The lowest BCUT2D eigenvalue weighted by Crippen LogP contribution is -2.00. The fourth-order valence-corrected chi connectivity index (χ4v) is 0. The maximum absolute atomic E-state index is 4.72. The minimum atomic E-state index is 1.28. The van der Waals surface area contributed by atoms with Crippen molar-refractivity contribution < 1.29 is 0 Å². The molecule has 0 N–H and O–H groups in total. The highest BCUT2D eigenvalue weighted by Crippen LogP contribution is 1.24. The molecule has 0 rings (SSSR count). The molecule has 0 aliphatic carbocycles. The molecule has 13 valence electrons. The fourth-order valence-electron chi connectivity index (χ4n) is 0. The quantitative estimate of drug-likeness (QED) is 0.313. The van der Waals surface area contributed by atoms with Crippen molar-refractivity contribution in [3.63, 3.8) is 0 Å². The summed E-state index contributed by atoms with van der Waals surface area (Å²) in [5, 5.41) is 0. The van der Waals surface area contributed by atoms with Gasteiger partial charge in [0.15, 0.2) is 0 Å². The van der Waals surface area contributed by atoms with E-state index < -0.39 is 0 Å². The van der Waals surface area contributed by atoms with Crippen LogP contribution in [0.2, 0.25) is 0 Å². The van der Waals surface area contributed by atoms with Crippen molar-refractivity contribution in [1.29, 1.82) is 0 Å². The molecule has 0 bridgehead atoms. The first-order valence-corrected chi connectivity index (χ1v) is 1.00. The van der Waals surface area contributed by atoms with Crippen LogP contribution in [0.3, 0.4) is 0 Å².